The number of carbonyl (C=O) groups is 2. The zero-order valence-corrected chi connectivity index (χ0v) is 23.7. The average molecular weight is 589 g/mol. The first kappa shape index (κ1) is 27.5. The van der Waals surface area contributed by atoms with E-state index in [4.69, 9.17) is 23.2 Å². The SMILES string of the molecule is Cc1[nH]c(C=C2C(=O)Nc3ccc(S(=O)(=O)Cc4cc(Cl)cc(Cl)c4)cc32)c(C)c1C(=O)N1CCC(O)CC1. The quantitative estimate of drug-likeness (QED) is 0.363. The molecule has 0 bridgehead atoms. The molecule has 0 radical (unpaired) electrons. The minimum absolute atomic E-state index is 0.0577. The number of aromatic nitrogens is 1. The number of aromatic amines is 1. The lowest BCUT2D eigenvalue weighted by atomic mass is 10.0. The molecule has 2 amide bonds. The molecule has 1 aromatic heterocycles. The monoisotopic (exact) mass is 587 g/mol. The minimum atomic E-state index is -3.78. The van der Waals surface area contributed by atoms with Gasteiger partial charge in [-0.1, -0.05) is 23.2 Å². The Hall–Kier alpha value is -3.11. The van der Waals surface area contributed by atoms with E-state index >= 15 is 0 Å². The first-order valence-electron chi connectivity index (χ1n) is 12.4. The van der Waals surface area contributed by atoms with Crippen molar-refractivity contribution in [1.29, 1.82) is 0 Å². The van der Waals surface area contributed by atoms with E-state index in [9.17, 15) is 23.1 Å². The molecular weight excluding hydrogens is 561 g/mol. The van der Waals surface area contributed by atoms with Crippen LogP contribution in [-0.2, 0) is 20.4 Å². The normalized spacial score (nSPS) is 17.0. The lowest BCUT2D eigenvalue weighted by Gasteiger charge is -2.29. The predicted octanol–water partition coefficient (Wildman–Crippen LogP) is 5.00. The molecule has 3 aromatic rings. The molecule has 0 aliphatic carbocycles. The Morgan fingerprint density at radius 1 is 1.10 bits per heavy atom. The van der Waals surface area contributed by atoms with Gasteiger partial charge in [0.05, 0.1) is 27.9 Å². The highest BCUT2D eigenvalue weighted by Crippen LogP contribution is 2.36. The number of anilines is 1. The number of hydrogen-bond donors (Lipinski definition) is 3. The second-order valence-electron chi connectivity index (χ2n) is 9.94. The van der Waals surface area contributed by atoms with Gasteiger partial charge in [0.15, 0.2) is 9.84 Å². The largest absolute Gasteiger partial charge is 0.393 e. The van der Waals surface area contributed by atoms with Crippen molar-refractivity contribution in [1.82, 2.24) is 9.88 Å². The average Bonchev–Trinajstić information content (AvgIpc) is 3.32. The lowest BCUT2D eigenvalue weighted by Crippen LogP contribution is -2.40. The van der Waals surface area contributed by atoms with E-state index in [1.165, 1.54) is 18.2 Å². The highest BCUT2D eigenvalue weighted by atomic mass is 35.5. The number of aliphatic hydroxyl groups excluding tert-OH is 1. The molecule has 2 aromatic carbocycles. The first-order valence-corrected chi connectivity index (χ1v) is 14.9. The van der Waals surface area contributed by atoms with Crippen molar-refractivity contribution >= 4 is 62.2 Å². The molecule has 204 valence electrons. The van der Waals surface area contributed by atoms with Gasteiger partial charge in [0.2, 0.25) is 0 Å². The van der Waals surface area contributed by atoms with Crippen LogP contribution in [0.4, 0.5) is 5.69 Å². The molecule has 39 heavy (non-hydrogen) atoms. The van der Waals surface area contributed by atoms with Crippen LogP contribution in [0.5, 0.6) is 0 Å². The van der Waals surface area contributed by atoms with E-state index in [1.54, 1.807) is 36.1 Å². The first-order chi connectivity index (χ1) is 18.4. The molecule has 0 spiro atoms. The fraction of sp³-hybridized carbons (Fsp3) is 0.286. The molecule has 5 rings (SSSR count). The van der Waals surface area contributed by atoms with Gasteiger partial charge >= 0.3 is 0 Å². The van der Waals surface area contributed by atoms with Crippen molar-refractivity contribution in [3.63, 3.8) is 0 Å². The molecule has 2 aliphatic heterocycles. The number of fused-ring (bicyclic) bond motifs is 1. The third-order valence-electron chi connectivity index (χ3n) is 7.14. The molecular formula is C28H27Cl2N3O5S. The van der Waals surface area contributed by atoms with Gasteiger partial charge in [-0.25, -0.2) is 8.42 Å². The van der Waals surface area contributed by atoms with Crippen LogP contribution in [-0.4, -0.2) is 54.4 Å². The summed E-state index contributed by atoms with van der Waals surface area (Å²) in [7, 11) is -3.78. The summed E-state index contributed by atoms with van der Waals surface area (Å²) < 4.78 is 26.5. The van der Waals surface area contributed by atoms with Gasteiger partial charge in [-0.3, -0.25) is 9.59 Å². The van der Waals surface area contributed by atoms with Gasteiger partial charge in [0.1, 0.15) is 0 Å². The Morgan fingerprint density at radius 2 is 1.77 bits per heavy atom. The third-order valence-corrected chi connectivity index (χ3v) is 9.26. The van der Waals surface area contributed by atoms with Gasteiger partial charge < -0.3 is 20.3 Å². The fourth-order valence-electron chi connectivity index (χ4n) is 5.11. The molecule has 11 heteroatoms. The number of amides is 2. The van der Waals surface area contributed by atoms with Gasteiger partial charge in [0.25, 0.3) is 11.8 Å². The van der Waals surface area contributed by atoms with Crippen LogP contribution in [0.3, 0.4) is 0 Å². The van der Waals surface area contributed by atoms with Crippen LogP contribution in [0.15, 0.2) is 41.3 Å². The maximum Gasteiger partial charge on any atom is 0.256 e. The van der Waals surface area contributed by atoms with Gasteiger partial charge in [-0.05, 0) is 80.3 Å². The molecule has 1 saturated heterocycles. The Kier molecular flexibility index (Phi) is 7.37. The Balaban J connectivity index is 1.47. The smallest absolute Gasteiger partial charge is 0.256 e. The van der Waals surface area contributed by atoms with Crippen LogP contribution in [0.1, 0.15) is 51.3 Å². The van der Waals surface area contributed by atoms with Crippen molar-refractivity contribution < 1.29 is 23.1 Å². The van der Waals surface area contributed by atoms with Crippen LogP contribution in [0.2, 0.25) is 10.0 Å². The van der Waals surface area contributed by atoms with E-state index in [0.29, 0.717) is 75.3 Å². The van der Waals surface area contributed by atoms with Crippen LogP contribution in [0, 0.1) is 13.8 Å². The number of aryl methyl sites for hydroxylation is 1. The highest BCUT2D eigenvalue weighted by Gasteiger charge is 2.30. The highest BCUT2D eigenvalue weighted by molar-refractivity contribution is 7.90. The maximum atomic E-state index is 13.2. The maximum absolute atomic E-state index is 13.2. The number of H-pyrrole nitrogens is 1. The van der Waals surface area contributed by atoms with E-state index in [2.05, 4.69) is 10.3 Å². The molecule has 0 atom stereocenters. The van der Waals surface area contributed by atoms with Crippen molar-refractivity contribution in [2.45, 2.75) is 43.4 Å². The lowest BCUT2D eigenvalue weighted by molar-refractivity contribution is -0.110. The molecule has 0 saturated carbocycles. The van der Waals surface area contributed by atoms with Crippen LogP contribution >= 0.6 is 23.2 Å². The topological polar surface area (TPSA) is 120 Å². The summed E-state index contributed by atoms with van der Waals surface area (Å²) in [5, 5.41) is 13.2. The second-order valence-corrected chi connectivity index (χ2v) is 12.8. The summed E-state index contributed by atoms with van der Waals surface area (Å²) in [6.45, 7) is 4.58. The number of halogens is 2. The van der Waals surface area contributed by atoms with E-state index in [0.717, 1.165) is 0 Å². The number of piperidine rings is 1. The van der Waals surface area contributed by atoms with E-state index < -0.39 is 9.84 Å². The minimum Gasteiger partial charge on any atom is -0.393 e. The fourth-order valence-corrected chi connectivity index (χ4v) is 7.03. The second kappa shape index (κ2) is 10.5. The van der Waals surface area contributed by atoms with E-state index in [-0.39, 0.29) is 34.1 Å². The Labute approximate surface area is 236 Å². The standard InChI is InChI=1S/C28H27Cl2N3O5S/c1-15-25(31-16(2)26(15)28(36)33-7-5-20(34)6-8-33)13-23-22-12-21(3-4-24(22)32-27(23)35)39(37,38)14-17-9-18(29)11-19(30)10-17/h3-4,9-13,20,31,34H,5-8,14H2,1-2H3,(H,32,35). The van der Waals surface area contributed by atoms with Crippen molar-refractivity contribution in [3.05, 3.63) is 80.1 Å². The van der Waals surface area contributed by atoms with Crippen molar-refractivity contribution in [2.24, 2.45) is 0 Å². The third kappa shape index (κ3) is 5.49. The van der Waals surface area contributed by atoms with Gasteiger partial charge in [-0.2, -0.15) is 0 Å². The number of hydrogen-bond acceptors (Lipinski definition) is 5. The summed E-state index contributed by atoms with van der Waals surface area (Å²) in [6, 6.07) is 9.14. The van der Waals surface area contributed by atoms with Crippen LogP contribution in [0.25, 0.3) is 11.6 Å². The molecule has 3 N–H and O–H groups in total. The number of benzene rings is 2. The molecule has 1 fully saturated rings. The number of rotatable bonds is 5. The molecule has 0 unspecified atom stereocenters. The summed E-state index contributed by atoms with van der Waals surface area (Å²) >= 11 is 12.1. The zero-order valence-electron chi connectivity index (χ0n) is 21.3. The number of likely N-dealkylation sites (tertiary alicyclic amines) is 1. The summed E-state index contributed by atoms with van der Waals surface area (Å²) in [5.74, 6) is -0.797. The summed E-state index contributed by atoms with van der Waals surface area (Å²) in [4.78, 5) is 31.2. The number of nitrogens with one attached hydrogen (secondary N) is 2. The number of nitrogens with zero attached hydrogens (tertiary/aromatic N) is 1. The summed E-state index contributed by atoms with van der Waals surface area (Å²) in [5.41, 5.74) is 4.19. The number of carbonyl (C=O) groups excluding carboxylic acids is 2. The predicted molar refractivity (Wildman–Crippen MR) is 152 cm³/mol. The molecule has 8 nitrogen and oxygen atoms in total. The number of sulfone groups is 1. The number of aliphatic hydroxyl groups is 1. The van der Waals surface area contributed by atoms with Gasteiger partial charge in [-0.15, -0.1) is 0 Å². The van der Waals surface area contributed by atoms with E-state index in [1.807, 2.05) is 6.92 Å². The Morgan fingerprint density at radius 3 is 2.44 bits per heavy atom. The van der Waals surface area contributed by atoms with Crippen molar-refractivity contribution in [2.75, 3.05) is 18.4 Å². The molecule has 3 heterocycles. The molecule has 2 aliphatic rings. The van der Waals surface area contributed by atoms with Crippen LogP contribution < -0.4 is 5.32 Å². The Bertz CT molecular complexity index is 1620. The van der Waals surface area contributed by atoms with Crippen molar-refractivity contribution in [3.8, 4) is 0 Å². The summed E-state index contributed by atoms with van der Waals surface area (Å²) in [6.07, 6.45) is 2.34. The zero-order chi connectivity index (χ0) is 28.1. The van der Waals surface area contributed by atoms with Gasteiger partial charge in [0, 0.05) is 45.8 Å².